The SMILES string of the molecule is CCC(C)(C)C(=O)c1ccc(OC)c(F)c1. The summed E-state index contributed by atoms with van der Waals surface area (Å²) in [4.78, 5) is 12.0. The second kappa shape index (κ2) is 4.64. The van der Waals surface area contributed by atoms with Crippen molar-refractivity contribution < 1.29 is 13.9 Å². The van der Waals surface area contributed by atoms with Crippen molar-refractivity contribution in [1.29, 1.82) is 0 Å². The van der Waals surface area contributed by atoms with Crippen LogP contribution in [0.5, 0.6) is 5.75 Å². The van der Waals surface area contributed by atoms with E-state index in [4.69, 9.17) is 4.74 Å². The van der Waals surface area contributed by atoms with Gasteiger partial charge in [-0.3, -0.25) is 4.79 Å². The third-order valence-corrected chi connectivity index (χ3v) is 2.91. The standard InChI is InChI=1S/C13H17FO2/c1-5-13(2,3)12(15)9-6-7-11(16-4)10(14)8-9/h6-8H,5H2,1-4H3. The topological polar surface area (TPSA) is 26.3 Å². The molecule has 0 amide bonds. The van der Waals surface area contributed by atoms with Crippen LogP contribution in [0, 0.1) is 11.2 Å². The van der Waals surface area contributed by atoms with Crippen LogP contribution in [0.1, 0.15) is 37.6 Å². The molecular formula is C13H17FO2. The number of rotatable bonds is 4. The van der Waals surface area contributed by atoms with Crippen molar-refractivity contribution in [2.24, 2.45) is 5.41 Å². The van der Waals surface area contributed by atoms with Gasteiger partial charge in [0.05, 0.1) is 7.11 Å². The first kappa shape index (κ1) is 12.7. The van der Waals surface area contributed by atoms with Crippen molar-refractivity contribution in [3.63, 3.8) is 0 Å². The van der Waals surface area contributed by atoms with Crippen molar-refractivity contribution >= 4 is 5.78 Å². The highest BCUT2D eigenvalue weighted by Gasteiger charge is 2.27. The highest BCUT2D eigenvalue weighted by atomic mass is 19.1. The fourth-order valence-electron chi connectivity index (χ4n) is 1.36. The van der Waals surface area contributed by atoms with Gasteiger partial charge in [0.1, 0.15) is 0 Å². The Bertz CT molecular complexity index is 397. The number of hydrogen-bond donors (Lipinski definition) is 0. The van der Waals surface area contributed by atoms with E-state index in [1.54, 1.807) is 6.07 Å². The Morgan fingerprint density at radius 3 is 2.50 bits per heavy atom. The van der Waals surface area contributed by atoms with Crippen LogP contribution in [0.4, 0.5) is 4.39 Å². The Morgan fingerprint density at radius 2 is 2.06 bits per heavy atom. The molecule has 0 atom stereocenters. The number of carbonyl (C=O) groups is 1. The minimum absolute atomic E-state index is 0.0449. The predicted octanol–water partition coefficient (Wildman–Crippen LogP) is 3.45. The number of carbonyl (C=O) groups excluding carboxylic acids is 1. The molecule has 0 heterocycles. The maximum Gasteiger partial charge on any atom is 0.168 e. The van der Waals surface area contributed by atoms with Crippen LogP contribution in [-0.4, -0.2) is 12.9 Å². The van der Waals surface area contributed by atoms with Gasteiger partial charge >= 0.3 is 0 Å². The van der Waals surface area contributed by atoms with E-state index in [1.807, 2.05) is 20.8 Å². The molecule has 88 valence electrons. The summed E-state index contributed by atoms with van der Waals surface area (Å²) in [5.41, 5.74) is -0.0637. The summed E-state index contributed by atoms with van der Waals surface area (Å²) in [5.74, 6) is -0.386. The molecule has 0 saturated carbocycles. The van der Waals surface area contributed by atoms with Gasteiger partial charge in [0.25, 0.3) is 0 Å². The summed E-state index contributed by atoms with van der Waals surface area (Å²) in [6, 6.07) is 4.31. The molecule has 2 nitrogen and oxygen atoms in total. The number of ketones is 1. The number of ether oxygens (including phenoxy) is 1. The maximum absolute atomic E-state index is 13.4. The van der Waals surface area contributed by atoms with Gasteiger partial charge in [-0.15, -0.1) is 0 Å². The highest BCUT2D eigenvalue weighted by Crippen LogP contribution is 2.27. The quantitative estimate of drug-likeness (QED) is 0.732. The van der Waals surface area contributed by atoms with E-state index in [0.717, 1.165) is 6.42 Å². The molecule has 1 aromatic carbocycles. The number of hydrogen-bond acceptors (Lipinski definition) is 2. The van der Waals surface area contributed by atoms with E-state index in [1.165, 1.54) is 19.2 Å². The van der Waals surface area contributed by atoms with E-state index in [9.17, 15) is 9.18 Å². The zero-order valence-electron chi connectivity index (χ0n) is 10.1. The van der Waals surface area contributed by atoms with Gasteiger partial charge in [-0.1, -0.05) is 20.8 Å². The first-order valence-electron chi connectivity index (χ1n) is 5.30. The number of halogens is 1. The molecule has 0 spiro atoms. The fraction of sp³-hybridized carbons (Fsp3) is 0.462. The third kappa shape index (κ3) is 2.40. The van der Waals surface area contributed by atoms with E-state index in [0.29, 0.717) is 5.56 Å². The smallest absolute Gasteiger partial charge is 0.168 e. The Kier molecular flexibility index (Phi) is 3.68. The zero-order valence-corrected chi connectivity index (χ0v) is 10.1. The lowest BCUT2D eigenvalue weighted by Crippen LogP contribution is -2.23. The molecule has 0 bridgehead atoms. The molecule has 16 heavy (non-hydrogen) atoms. The molecule has 0 aromatic heterocycles. The molecule has 3 heteroatoms. The molecule has 0 unspecified atom stereocenters. The van der Waals surface area contributed by atoms with Crippen molar-refractivity contribution in [2.75, 3.05) is 7.11 Å². The lowest BCUT2D eigenvalue weighted by molar-refractivity contribution is 0.0832. The van der Waals surface area contributed by atoms with Crippen LogP contribution >= 0.6 is 0 Å². The molecule has 0 aliphatic heterocycles. The van der Waals surface area contributed by atoms with E-state index >= 15 is 0 Å². The molecule has 1 aromatic rings. The zero-order chi connectivity index (χ0) is 12.3. The average Bonchev–Trinajstić information content (AvgIpc) is 2.27. The molecule has 1 rings (SSSR count). The van der Waals surface area contributed by atoms with Crippen LogP contribution in [0.2, 0.25) is 0 Å². The minimum atomic E-state index is -0.500. The van der Waals surface area contributed by atoms with Crippen molar-refractivity contribution in [3.05, 3.63) is 29.6 Å². The van der Waals surface area contributed by atoms with Crippen LogP contribution in [-0.2, 0) is 0 Å². The highest BCUT2D eigenvalue weighted by molar-refractivity contribution is 6.00. The van der Waals surface area contributed by atoms with E-state index in [2.05, 4.69) is 0 Å². The number of methoxy groups -OCH3 is 1. The molecule has 0 saturated heterocycles. The van der Waals surface area contributed by atoms with Crippen LogP contribution < -0.4 is 4.74 Å². The molecule has 0 aliphatic rings. The van der Waals surface area contributed by atoms with Crippen molar-refractivity contribution in [1.82, 2.24) is 0 Å². The summed E-state index contributed by atoms with van der Waals surface area (Å²) in [7, 11) is 1.40. The van der Waals surface area contributed by atoms with Crippen LogP contribution in [0.3, 0.4) is 0 Å². The van der Waals surface area contributed by atoms with Gasteiger partial charge in [0, 0.05) is 11.0 Å². The van der Waals surface area contributed by atoms with Gasteiger partial charge in [-0.25, -0.2) is 4.39 Å². The molecule has 0 radical (unpaired) electrons. The Balaban J connectivity index is 3.07. The number of benzene rings is 1. The second-order valence-electron chi connectivity index (χ2n) is 4.42. The van der Waals surface area contributed by atoms with E-state index in [-0.39, 0.29) is 11.5 Å². The minimum Gasteiger partial charge on any atom is -0.494 e. The van der Waals surface area contributed by atoms with Gasteiger partial charge in [-0.05, 0) is 24.6 Å². The fourth-order valence-corrected chi connectivity index (χ4v) is 1.36. The summed E-state index contributed by atoms with van der Waals surface area (Å²) >= 11 is 0. The Hall–Kier alpha value is -1.38. The normalized spacial score (nSPS) is 11.3. The Labute approximate surface area is 95.4 Å². The first-order valence-corrected chi connectivity index (χ1v) is 5.30. The predicted molar refractivity (Wildman–Crippen MR) is 61.4 cm³/mol. The first-order chi connectivity index (χ1) is 7.42. The summed E-state index contributed by atoms with van der Waals surface area (Å²) < 4.78 is 18.2. The maximum atomic E-state index is 13.4. The van der Waals surface area contributed by atoms with Crippen molar-refractivity contribution in [3.8, 4) is 5.75 Å². The second-order valence-corrected chi connectivity index (χ2v) is 4.42. The van der Waals surface area contributed by atoms with Gasteiger partial charge in [0.2, 0.25) is 0 Å². The molecular weight excluding hydrogens is 207 g/mol. The lowest BCUT2D eigenvalue weighted by Gasteiger charge is -2.20. The molecule has 0 N–H and O–H groups in total. The van der Waals surface area contributed by atoms with E-state index < -0.39 is 11.2 Å². The van der Waals surface area contributed by atoms with Gasteiger partial charge < -0.3 is 4.74 Å². The van der Waals surface area contributed by atoms with Gasteiger partial charge in [0.15, 0.2) is 17.3 Å². The molecule has 0 fully saturated rings. The number of Topliss-reactive ketones (excluding diaryl/α,β-unsaturated/α-hetero) is 1. The van der Waals surface area contributed by atoms with Crippen LogP contribution in [0.25, 0.3) is 0 Å². The van der Waals surface area contributed by atoms with Gasteiger partial charge in [-0.2, -0.15) is 0 Å². The molecule has 0 aliphatic carbocycles. The van der Waals surface area contributed by atoms with Crippen molar-refractivity contribution in [2.45, 2.75) is 27.2 Å². The monoisotopic (exact) mass is 224 g/mol. The lowest BCUT2D eigenvalue weighted by atomic mass is 9.82. The summed E-state index contributed by atoms with van der Waals surface area (Å²) in [6.45, 7) is 5.66. The largest absolute Gasteiger partial charge is 0.494 e. The summed E-state index contributed by atoms with van der Waals surface area (Å²) in [6.07, 6.45) is 0.722. The summed E-state index contributed by atoms with van der Waals surface area (Å²) in [5, 5.41) is 0. The average molecular weight is 224 g/mol. The van der Waals surface area contributed by atoms with Crippen LogP contribution in [0.15, 0.2) is 18.2 Å². The Morgan fingerprint density at radius 1 is 1.44 bits per heavy atom. The third-order valence-electron chi connectivity index (χ3n) is 2.91.